The van der Waals surface area contributed by atoms with Gasteiger partial charge in [0.25, 0.3) is 0 Å². The number of aromatic nitrogens is 1. The van der Waals surface area contributed by atoms with Crippen molar-refractivity contribution >= 4 is 28.2 Å². The number of H-pyrrole nitrogens is 1. The Bertz CT molecular complexity index is 940. The average Bonchev–Trinajstić information content (AvgIpc) is 3.16. The molecule has 4 rings (SSSR count). The fraction of sp³-hybridized carbons (Fsp3) is 0.348. The zero-order chi connectivity index (χ0) is 19.3. The Hall–Kier alpha value is -2.79. The standard InChI is InChI=1S/C23H28N4O/c1-2-26-13-15-27(16-14-26)22-10-6-5-9-21(22)25-23(28)12-11-18-17-24-20-8-4-3-7-19(18)20/h3-10,17,24H,2,11-16H2,1H3,(H,25,28). The average molecular weight is 377 g/mol. The SMILES string of the molecule is CCN1CCN(c2ccccc2NC(=O)CCc2c[nH]c3ccccc23)CC1. The second kappa shape index (κ2) is 8.48. The summed E-state index contributed by atoms with van der Waals surface area (Å²) in [6.07, 6.45) is 3.21. The van der Waals surface area contributed by atoms with E-state index in [0.717, 1.165) is 56.0 Å². The molecule has 1 amide bonds. The van der Waals surface area contributed by atoms with Crippen LogP contribution in [0.5, 0.6) is 0 Å². The Morgan fingerprint density at radius 2 is 1.79 bits per heavy atom. The summed E-state index contributed by atoms with van der Waals surface area (Å²) in [5.41, 5.74) is 4.35. The molecule has 0 atom stereocenters. The number of nitrogens with one attached hydrogen (secondary N) is 2. The third kappa shape index (κ3) is 4.04. The molecule has 5 nitrogen and oxygen atoms in total. The van der Waals surface area contributed by atoms with Gasteiger partial charge >= 0.3 is 0 Å². The Kier molecular flexibility index (Phi) is 5.63. The summed E-state index contributed by atoms with van der Waals surface area (Å²) in [7, 11) is 0. The van der Waals surface area contributed by atoms with E-state index in [1.165, 1.54) is 10.9 Å². The molecule has 0 unspecified atom stereocenters. The summed E-state index contributed by atoms with van der Waals surface area (Å²) >= 11 is 0. The molecule has 0 aliphatic carbocycles. The maximum absolute atomic E-state index is 12.6. The number of aromatic amines is 1. The van der Waals surface area contributed by atoms with Gasteiger partial charge in [-0.15, -0.1) is 0 Å². The van der Waals surface area contributed by atoms with E-state index in [4.69, 9.17) is 0 Å². The number of anilines is 2. The second-order valence-electron chi connectivity index (χ2n) is 7.35. The Morgan fingerprint density at radius 3 is 2.61 bits per heavy atom. The topological polar surface area (TPSA) is 51.4 Å². The van der Waals surface area contributed by atoms with E-state index in [-0.39, 0.29) is 5.91 Å². The predicted molar refractivity (Wildman–Crippen MR) is 116 cm³/mol. The van der Waals surface area contributed by atoms with Crippen LogP contribution in [-0.4, -0.2) is 48.5 Å². The summed E-state index contributed by atoms with van der Waals surface area (Å²) < 4.78 is 0. The van der Waals surface area contributed by atoms with Crippen LogP contribution in [0.2, 0.25) is 0 Å². The van der Waals surface area contributed by atoms with Crippen LogP contribution in [-0.2, 0) is 11.2 Å². The number of hydrogen-bond acceptors (Lipinski definition) is 3. The van der Waals surface area contributed by atoms with Crippen molar-refractivity contribution in [1.82, 2.24) is 9.88 Å². The third-order valence-corrected chi connectivity index (χ3v) is 5.63. The highest BCUT2D eigenvalue weighted by atomic mass is 16.1. The number of nitrogens with zero attached hydrogens (tertiary/aromatic N) is 2. The van der Waals surface area contributed by atoms with E-state index in [1.807, 2.05) is 36.5 Å². The number of hydrogen-bond donors (Lipinski definition) is 2. The normalized spacial score (nSPS) is 15.1. The first-order valence-electron chi connectivity index (χ1n) is 10.2. The fourth-order valence-electron chi connectivity index (χ4n) is 3.96. The molecular weight excluding hydrogens is 348 g/mol. The third-order valence-electron chi connectivity index (χ3n) is 5.63. The minimum Gasteiger partial charge on any atom is -0.367 e. The largest absolute Gasteiger partial charge is 0.367 e. The fourth-order valence-corrected chi connectivity index (χ4v) is 3.96. The number of rotatable bonds is 6. The molecule has 0 radical (unpaired) electrons. The van der Waals surface area contributed by atoms with Gasteiger partial charge in [0.05, 0.1) is 11.4 Å². The smallest absolute Gasteiger partial charge is 0.224 e. The monoisotopic (exact) mass is 376 g/mol. The molecule has 0 bridgehead atoms. The molecule has 1 aliphatic heterocycles. The van der Waals surface area contributed by atoms with Crippen LogP contribution in [0.4, 0.5) is 11.4 Å². The quantitative estimate of drug-likeness (QED) is 0.686. The van der Waals surface area contributed by atoms with E-state index in [2.05, 4.69) is 45.2 Å². The van der Waals surface area contributed by atoms with Crippen molar-refractivity contribution in [3.63, 3.8) is 0 Å². The molecule has 2 N–H and O–H groups in total. The van der Waals surface area contributed by atoms with Crippen LogP contribution >= 0.6 is 0 Å². The van der Waals surface area contributed by atoms with Gasteiger partial charge in [-0.1, -0.05) is 37.3 Å². The van der Waals surface area contributed by atoms with Crippen molar-refractivity contribution in [2.24, 2.45) is 0 Å². The molecule has 2 aromatic carbocycles. The lowest BCUT2D eigenvalue weighted by molar-refractivity contribution is -0.116. The zero-order valence-corrected chi connectivity index (χ0v) is 16.4. The summed E-state index contributed by atoms with van der Waals surface area (Å²) in [6, 6.07) is 16.4. The van der Waals surface area contributed by atoms with Crippen molar-refractivity contribution in [3.8, 4) is 0 Å². The van der Waals surface area contributed by atoms with Crippen molar-refractivity contribution in [2.45, 2.75) is 19.8 Å². The second-order valence-corrected chi connectivity index (χ2v) is 7.35. The van der Waals surface area contributed by atoms with Crippen LogP contribution < -0.4 is 10.2 Å². The van der Waals surface area contributed by atoms with Gasteiger partial charge < -0.3 is 20.1 Å². The van der Waals surface area contributed by atoms with Crippen molar-refractivity contribution in [1.29, 1.82) is 0 Å². The van der Waals surface area contributed by atoms with Crippen molar-refractivity contribution < 1.29 is 4.79 Å². The summed E-state index contributed by atoms with van der Waals surface area (Å²) in [5.74, 6) is 0.0601. The minimum absolute atomic E-state index is 0.0601. The molecular formula is C23H28N4O. The Morgan fingerprint density at radius 1 is 1.04 bits per heavy atom. The lowest BCUT2D eigenvalue weighted by Gasteiger charge is -2.36. The summed E-state index contributed by atoms with van der Waals surface area (Å²) in [4.78, 5) is 20.7. The molecule has 2 heterocycles. The lowest BCUT2D eigenvalue weighted by Crippen LogP contribution is -2.46. The van der Waals surface area contributed by atoms with Crippen LogP contribution in [0.25, 0.3) is 10.9 Å². The van der Waals surface area contributed by atoms with Crippen LogP contribution in [0.15, 0.2) is 54.7 Å². The number of benzene rings is 2. The first-order valence-corrected chi connectivity index (χ1v) is 10.2. The zero-order valence-electron chi connectivity index (χ0n) is 16.4. The van der Waals surface area contributed by atoms with E-state index < -0.39 is 0 Å². The minimum atomic E-state index is 0.0601. The Balaban J connectivity index is 1.39. The van der Waals surface area contributed by atoms with Crippen LogP contribution in [0, 0.1) is 0 Å². The molecule has 1 aliphatic rings. The predicted octanol–water partition coefficient (Wildman–Crippen LogP) is 3.88. The first kappa shape index (κ1) is 18.6. The molecule has 1 saturated heterocycles. The Labute approximate surface area is 166 Å². The number of carbonyl (C=O) groups is 1. The molecule has 1 aromatic heterocycles. The van der Waals surface area contributed by atoms with Gasteiger partial charge in [0.15, 0.2) is 0 Å². The first-order chi connectivity index (χ1) is 13.7. The molecule has 5 heteroatoms. The number of piperazine rings is 1. The molecule has 0 saturated carbocycles. The van der Waals surface area contributed by atoms with E-state index >= 15 is 0 Å². The number of para-hydroxylation sites is 3. The lowest BCUT2D eigenvalue weighted by atomic mass is 10.1. The van der Waals surface area contributed by atoms with Crippen LogP contribution in [0.3, 0.4) is 0 Å². The van der Waals surface area contributed by atoms with Gasteiger partial charge in [-0.3, -0.25) is 4.79 Å². The van der Waals surface area contributed by atoms with Gasteiger partial charge in [0.1, 0.15) is 0 Å². The molecule has 3 aromatic rings. The number of likely N-dealkylation sites (N-methyl/N-ethyl adjacent to an activating group) is 1. The highest BCUT2D eigenvalue weighted by Gasteiger charge is 2.18. The van der Waals surface area contributed by atoms with Crippen molar-refractivity contribution in [2.75, 3.05) is 42.9 Å². The van der Waals surface area contributed by atoms with E-state index in [9.17, 15) is 4.79 Å². The maximum Gasteiger partial charge on any atom is 0.224 e. The van der Waals surface area contributed by atoms with Crippen LogP contribution in [0.1, 0.15) is 18.9 Å². The molecule has 146 valence electrons. The van der Waals surface area contributed by atoms with Gasteiger partial charge in [-0.25, -0.2) is 0 Å². The molecule has 1 fully saturated rings. The van der Waals surface area contributed by atoms with Gasteiger partial charge in [-0.2, -0.15) is 0 Å². The summed E-state index contributed by atoms with van der Waals surface area (Å²) in [5, 5.41) is 4.34. The number of aryl methyl sites for hydroxylation is 1. The van der Waals surface area contributed by atoms with Crippen molar-refractivity contribution in [3.05, 3.63) is 60.3 Å². The number of amides is 1. The van der Waals surface area contributed by atoms with E-state index in [0.29, 0.717) is 6.42 Å². The number of carbonyl (C=O) groups excluding carboxylic acids is 1. The highest BCUT2D eigenvalue weighted by Crippen LogP contribution is 2.27. The molecule has 0 spiro atoms. The summed E-state index contributed by atoms with van der Waals surface area (Å²) in [6.45, 7) is 7.43. The molecule has 28 heavy (non-hydrogen) atoms. The van der Waals surface area contributed by atoms with Gasteiger partial charge in [0, 0.05) is 49.7 Å². The highest BCUT2D eigenvalue weighted by molar-refractivity contribution is 5.95. The van der Waals surface area contributed by atoms with Gasteiger partial charge in [-0.05, 0) is 36.7 Å². The maximum atomic E-state index is 12.6. The van der Waals surface area contributed by atoms with Gasteiger partial charge in [0.2, 0.25) is 5.91 Å². The van der Waals surface area contributed by atoms with E-state index in [1.54, 1.807) is 0 Å². The number of fused-ring (bicyclic) bond motifs is 1.